The van der Waals surface area contributed by atoms with Crippen LogP contribution in [0, 0.1) is 13.8 Å². The van der Waals surface area contributed by atoms with E-state index in [1.165, 1.54) is 16.7 Å². The lowest BCUT2D eigenvalue weighted by molar-refractivity contribution is 0.0971. The number of rotatable bonds is 3. The van der Waals surface area contributed by atoms with Crippen molar-refractivity contribution in [3.05, 3.63) is 64.2 Å². The third kappa shape index (κ3) is 2.71. The van der Waals surface area contributed by atoms with Gasteiger partial charge in [0, 0.05) is 17.5 Å². The third-order valence-electron chi connectivity index (χ3n) is 4.28. The highest BCUT2D eigenvalue weighted by Crippen LogP contribution is 2.30. The summed E-state index contributed by atoms with van der Waals surface area (Å²) in [6, 6.07) is 12.1. The van der Waals surface area contributed by atoms with Gasteiger partial charge in [-0.05, 0) is 49.4 Å². The highest BCUT2D eigenvalue weighted by atomic mass is 16.5. The zero-order valence-corrected chi connectivity index (χ0v) is 12.6. The van der Waals surface area contributed by atoms with E-state index in [0.717, 1.165) is 29.7 Å². The largest absolute Gasteiger partial charge is 0.489 e. The number of Topliss-reactive ketones (excluding diaryl/α,β-unsaturated/α-hetero) is 1. The molecule has 0 amide bonds. The van der Waals surface area contributed by atoms with Gasteiger partial charge in [-0.1, -0.05) is 30.3 Å². The second-order valence-corrected chi connectivity index (χ2v) is 5.72. The van der Waals surface area contributed by atoms with E-state index in [1.807, 2.05) is 18.2 Å². The van der Waals surface area contributed by atoms with Crippen LogP contribution in [-0.4, -0.2) is 5.78 Å². The van der Waals surface area contributed by atoms with E-state index in [0.29, 0.717) is 13.0 Å². The number of ketones is 1. The van der Waals surface area contributed by atoms with Crippen LogP contribution in [0.2, 0.25) is 0 Å². The van der Waals surface area contributed by atoms with E-state index < -0.39 is 0 Å². The van der Waals surface area contributed by atoms with Gasteiger partial charge in [-0.3, -0.25) is 4.79 Å². The Labute approximate surface area is 125 Å². The van der Waals surface area contributed by atoms with Gasteiger partial charge in [0.05, 0.1) is 0 Å². The molecule has 2 nitrogen and oxygen atoms in total. The summed E-state index contributed by atoms with van der Waals surface area (Å²) in [7, 11) is 0. The lowest BCUT2D eigenvalue weighted by Crippen LogP contribution is -2.12. The van der Waals surface area contributed by atoms with Gasteiger partial charge in [-0.2, -0.15) is 0 Å². The molecule has 0 aliphatic heterocycles. The van der Waals surface area contributed by atoms with Gasteiger partial charge in [-0.25, -0.2) is 0 Å². The van der Waals surface area contributed by atoms with E-state index in [-0.39, 0.29) is 5.78 Å². The molecule has 0 spiro atoms. The van der Waals surface area contributed by atoms with Gasteiger partial charge in [-0.15, -0.1) is 0 Å². The summed E-state index contributed by atoms with van der Waals surface area (Å²) in [5.74, 6) is 1.11. The van der Waals surface area contributed by atoms with Crippen LogP contribution < -0.4 is 4.74 Å². The highest BCUT2D eigenvalue weighted by molar-refractivity contribution is 5.99. The van der Waals surface area contributed by atoms with E-state index in [9.17, 15) is 4.79 Å². The molecular weight excluding hydrogens is 260 g/mol. The van der Waals surface area contributed by atoms with Crippen molar-refractivity contribution < 1.29 is 9.53 Å². The van der Waals surface area contributed by atoms with Crippen molar-refractivity contribution in [1.82, 2.24) is 0 Å². The summed E-state index contributed by atoms with van der Waals surface area (Å²) in [4.78, 5) is 12.0. The van der Waals surface area contributed by atoms with Crippen LogP contribution in [0.5, 0.6) is 5.75 Å². The van der Waals surface area contributed by atoms with Crippen molar-refractivity contribution >= 4 is 5.78 Å². The smallest absolute Gasteiger partial charge is 0.163 e. The molecule has 0 aromatic heterocycles. The van der Waals surface area contributed by atoms with Crippen molar-refractivity contribution in [2.45, 2.75) is 39.7 Å². The molecule has 1 aliphatic rings. The van der Waals surface area contributed by atoms with Crippen LogP contribution in [0.3, 0.4) is 0 Å². The Kier molecular flexibility index (Phi) is 3.78. The molecule has 0 atom stereocenters. The Balaban J connectivity index is 1.86. The molecule has 2 heteroatoms. The van der Waals surface area contributed by atoms with Crippen LogP contribution in [0.25, 0.3) is 0 Å². The van der Waals surface area contributed by atoms with Crippen LogP contribution in [-0.2, 0) is 13.0 Å². The summed E-state index contributed by atoms with van der Waals surface area (Å²) < 4.78 is 6.05. The average Bonchev–Trinajstić information content (AvgIpc) is 2.47. The number of fused-ring (bicyclic) bond motifs is 1. The van der Waals surface area contributed by atoms with Crippen molar-refractivity contribution in [3.8, 4) is 5.75 Å². The number of aryl methyl sites for hydroxylation is 2. The number of ether oxygens (including phenoxy) is 1. The predicted octanol–water partition coefficient (Wildman–Crippen LogP) is 4.40. The Morgan fingerprint density at radius 2 is 1.71 bits per heavy atom. The standard InChI is InChI=1S/C19H20O2/c1-13-6-3-7-14(2)17(13)12-21-19-11-5-8-15-16(19)9-4-10-18(15)20/h3,5-8,11H,4,9-10,12H2,1-2H3. The van der Waals surface area contributed by atoms with E-state index in [1.54, 1.807) is 0 Å². The average molecular weight is 280 g/mol. The fourth-order valence-electron chi connectivity index (χ4n) is 3.01. The minimum Gasteiger partial charge on any atom is -0.489 e. The zero-order valence-electron chi connectivity index (χ0n) is 12.6. The first-order chi connectivity index (χ1) is 10.2. The third-order valence-corrected chi connectivity index (χ3v) is 4.28. The monoisotopic (exact) mass is 280 g/mol. The molecule has 0 fully saturated rings. The normalized spacial score (nSPS) is 13.9. The van der Waals surface area contributed by atoms with Gasteiger partial charge in [0.15, 0.2) is 5.78 Å². The Bertz CT molecular complexity index is 666. The second kappa shape index (κ2) is 5.72. The van der Waals surface area contributed by atoms with Crippen LogP contribution >= 0.6 is 0 Å². The van der Waals surface area contributed by atoms with Gasteiger partial charge in [0.2, 0.25) is 0 Å². The summed E-state index contributed by atoms with van der Waals surface area (Å²) in [6.45, 7) is 4.77. The molecule has 0 saturated heterocycles. The highest BCUT2D eigenvalue weighted by Gasteiger charge is 2.20. The number of carbonyl (C=O) groups is 1. The molecule has 0 bridgehead atoms. The van der Waals surface area contributed by atoms with Crippen molar-refractivity contribution in [2.24, 2.45) is 0 Å². The van der Waals surface area contributed by atoms with Crippen molar-refractivity contribution in [1.29, 1.82) is 0 Å². The number of hydrogen-bond acceptors (Lipinski definition) is 2. The Hall–Kier alpha value is -2.09. The molecule has 2 aromatic rings. The lowest BCUT2D eigenvalue weighted by Gasteiger charge is -2.19. The molecule has 108 valence electrons. The zero-order chi connectivity index (χ0) is 14.8. The summed E-state index contributed by atoms with van der Waals surface area (Å²) >= 11 is 0. The van der Waals surface area contributed by atoms with Crippen molar-refractivity contribution in [2.75, 3.05) is 0 Å². The fourth-order valence-corrected chi connectivity index (χ4v) is 3.01. The summed E-state index contributed by atoms with van der Waals surface area (Å²) in [5.41, 5.74) is 5.66. The maximum Gasteiger partial charge on any atom is 0.163 e. The lowest BCUT2D eigenvalue weighted by atomic mass is 9.90. The summed E-state index contributed by atoms with van der Waals surface area (Å²) in [5, 5.41) is 0. The molecule has 0 heterocycles. The first-order valence-electron chi connectivity index (χ1n) is 7.50. The SMILES string of the molecule is Cc1cccc(C)c1COc1cccc2c1CCCC2=O. The van der Waals surface area contributed by atoms with Crippen LogP contribution in [0.4, 0.5) is 0 Å². The van der Waals surface area contributed by atoms with Crippen LogP contribution in [0.1, 0.15) is 45.5 Å². The molecule has 0 unspecified atom stereocenters. The maximum atomic E-state index is 12.0. The predicted molar refractivity (Wildman–Crippen MR) is 84.0 cm³/mol. The van der Waals surface area contributed by atoms with Gasteiger partial charge in [0.1, 0.15) is 12.4 Å². The molecule has 0 radical (unpaired) electrons. The molecule has 21 heavy (non-hydrogen) atoms. The minimum atomic E-state index is 0.244. The molecule has 0 saturated carbocycles. The van der Waals surface area contributed by atoms with E-state index in [4.69, 9.17) is 4.74 Å². The minimum absolute atomic E-state index is 0.244. The fraction of sp³-hybridized carbons (Fsp3) is 0.316. The first kappa shape index (κ1) is 13.9. The number of hydrogen-bond donors (Lipinski definition) is 0. The molecule has 3 rings (SSSR count). The number of carbonyl (C=O) groups excluding carboxylic acids is 1. The number of benzene rings is 2. The maximum absolute atomic E-state index is 12.0. The van der Waals surface area contributed by atoms with E-state index >= 15 is 0 Å². The van der Waals surface area contributed by atoms with E-state index in [2.05, 4.69) is 32.0 Å². The van der Waals surface area contributed by atoms with Crippen LogP contribution in [0.15, 0.2) is 36.4 Å². The quantitative estimate of drug-likeness (QED) is 0.833. The Morgan fingerprint density at radius 1 is 1.00 bits per heavy atom. The van der Waals surface area contributed by atoms with Gasteiger partial charge < -0.3 is 4.74 Å². The molecule has 1 aliphatic carbocycles. The summed E-state index contributed by atoms with van der Waals surface area (Å²) in [6.07, 6.45) is 2.52. The van der Waals surface area contributed by atoms with Crippen molar-refractivity contribution in [3.63, 3.8) is 0 Å². The Morgan fingerprint density at radius 3 is 2.48 bits per heavy atom. The van der Waals surface area contributed by atoms with Gasteiger partial charge in [0.25, 0.3) is 0 Å². The second-order valence-electron chi connectivity index (χ2n) is 5.72. The van der Waals surface area contributed by atoms with Gasteiger partial charge >= 0.3 is 0 Å². The topological polar surface area (TPSA) is 26.3 Å². The molecule has 2 aromatic carbocycles. The molecule has 0 N–H and O–H groups in total. The first-order valence-corrected chi connectivity index (χ1v) is 7.50. The molecular formula is C19H20O2.